The van der Waals surface area contributed by atoms with Gasteiger partial charge in [0, 0.05) is 28.8 Å². The minimum Gasteiger partial charge on any atom is -0.481 e. The normalized spacial score (nSPS) is 8.67. The average Bonchev–Trinajstić information content (AvgIpc) is 2.03. The topological polar surface area (TPSA) is 37.3 Å². The predicted molar refractivity (Wildman–Crippen MR) is 42.4 cm³/mol. The number of aliphatic carboxylic acids is 1. The van der Waals surface area contributed by atoms with Gasteiger partial charge in [0.15, 0.2) is 0 Å². The first-order valence-electron chi connectivity index (χ1n) is 3.55. The van der Waals surface area contributed by atoms with Crippen LogP contribution in [0.25, 0.3) is 0 Å². The van der Waals surface area contributed by atoms with Gasteiger partial charge in [0.25, 0.3) is 0 Å². The van der Waals surface area contributed by atoms with E-state index in [1.54, 1.807) is 0 Å². The number of aryl methyl sites for hydroxylation is 1. The van der Waals surface area contributed by atoms with Crippen LogP contribution < -0.4 is 0 Å². The monoisotopic (exact) mass is 257 g/mol. The van der Waals surface area contributed by atoms with Crippen molar-refractivity contribution in [2.75, 3.05) is 0 Å². The van der Waals surface area contributed by atoms with Crippen LogP contribution in [0.4, 0.5) is 0 Å². The van der Waals surface area contributed by atoms with E-state index in [0.29, 0.717) is 6.42 Å². The van der Waals surface area contributed by atoms with Crippen molar-refractivity contribution >= 4 is 5.97 Å². The summed E-state index contributed by atoms with van der Waals surface area (Å²) in [6.07, 6.45) is 0.834. The average molecular weight is 258 g/mol. The van der Waals surface area contributed by atoms with Crippen molar-refractivity contribution in [2.45, 2.75) is 12.8 Å². The third-order valence-electron chi connectivity index (χ3n) is 1.47. The predicted octanol–water partition coefficient (Wildman–Crippen LogP) is 1.70. The Bertz CT molecular complexity index is 234. The number of carboxylic acids is 1. The fourth-order valence-corrected chi connectivity index (χ4v) is 0.896. The summed E-state index contributed by atoms with van der Waals surface area (Å²) in [4.78, 5) is 10.2. The molecule has 0 aliphatic carbocycles. The Labute approximate surface area is 87.1 Å². The molecule has 0 aliphatic rings. The van der Waals surface area contributed by atoms with Crippen LogP contribution in [0.15, 0.2) is 30.3 Å². The fourth-order valence-electron chi connectivity index (χ4n) is 0.896. The summed E-state index contributed by atoms with van der Waals surface area (Å²) in [5.74, 6) is -0.742. The summed E-state index contributed by atoms with van der Waals surface area (Å²) in [5, 5.41) is 8.37. The molecule has 0 unspecified atom stereocenters. The molecule has 0 aromatic heterocycles. The Morgan fingerprint density at radius 1 is 1.25 bits per heavy atom. The Morgan fingerprint density at radius 2 is 1.83 bits per heavy atom. The molecular formula is C9H10AgO2. The third-order valence-corrected chi connectivity index (χ3v) is 1.47. The van der Waals surface area contributed by atoms with Gasteiger partial charge in [0.1, 0.15) is 0 Å². The van der Waals surface area contributed by atoms with Crippen molar-refractivity contribution in [3.63, 3.8) is 0 Å². The first-order chi connectivity index (χ1) is 5.29. The molecule has 3 heteroatoms. The summed E-state index contributed by atoms with van der Waals surface area (Å²) in [6, 6.07) is 9.62. The molecule has 69 valence electrons. The van der Waals surface area contributed by atoms with Crippen LogP contribution in [-0.2, 0) is 33.6 Å². The summed E-state index contributed by atoms with van der Waals surface area (Å²) in [5.41, 5.74) is 1.08. The Balaban J connectivity index is 0.00000121. The Kier molecular flexibility index (Phi) is 5.72. The van der Waals surface area contributed by atoms with Crippen LogP contribution in [0, 0.1) is 0 Å². The van der Waals surface area contributed by atoms with Crippen LogP contribution in [0.2, 0.25) is 0 Å². The van der Waals surface area contributed by atoms with Crippen molar-refractivity contribution in [2.24, 2.45) is 0 Å². The zero-order chi connectivity index (χ0) is 8.10. The van der Waals surface area contributed by atoms with E-state index >= 15 is 0 Å². The van der Waals surface area contributed by atoms with Crippen molar-refractivity contribution in [3.05, 3.63) is 35.9 Å². The van der Waals surface area contributed by atoms with Gasteiger partial charge in [0.2, 0.25) is 0 Å². The Morgan fingerprint density at radius 3 is 2.33 bits per heavy atom. The SMILES string of the molecule is O=C(O)CCc1ccccc1.[Ag]. The number of rotatable bonds is 3. The van der Waals surface area contributed by atoms with Gasteiger partial charge in [-0.05, 0) is 12.0 Å². The molecule has 1 N–H and O–H groups in total. The molecule has 0 amide bonds. The van der Waals surface area contributed by atoms with Gasteiger partial charge in [-0.15, -0.1) is 0 Å². The van der Waals surface area contributed by atoms with E-state index in [4.69, 9.17) is 5.11 Å². The summed E-state index contributed by atoms with van der Waals surface area (Å²) < 4.78 is 0. The van der Waals surface area contributed by atoms with E-state index in [2.05, 4.69) is 0 Å². The summed E-state index contributed by atoms with van der Waals surface area (Å²) >= 11 is 0. The quantitative estimate of drug-likeness (QED) is 0.838. The maximum absolute atomic E-state index is 10.2. The molecule has 1 rings (SSSR count). The molecule has 0 fully saturated rings. The van der Waals surface area contributed by atoms with Gasteiger partial charge in [-0.25, -0.2) is 0 Å². The van der Waals surface area contributed by atoms with E-state index in [0.717, 1.165) is 5.56 Å². The maximum atomic E-state index is 10.2. The molecule has 1 aromatic rings. The summed E-state index contributed by atoms with van der Waals surface area (Å²) in [6.45, 7) is 0. The van der Waals surface area contributed by atoms with Crippen LogP contribution in [-0.4, -0.2) is 11.1 Å². The minimum absolute atomic E-state index is 0. The van der Waals surface area contributed by atoms with Gasteiger partial charge < -0.3 is 5.11 Å². The maximum Gasteiger partial charge on any atom is 0.303 e. The molecule has 0 aliphatic heterocycles. The molecule has 0 bridgehead atoms. The molecule has 0 saturated carbocycles. The molecule has 1 radical (unpaired) electrons. The largest absolute Gasteiger partial charge is 0.481 e. The fraction of sp³-hybridized carbons (Fsp3) is 0.222. The molecule has 12 heavy (non-hydrogen) atoms. The van der Waals surface area contributed by atoms with E-state index in [1.807, 2.05) is 30.3 Å². The standard InChI is InChI=1S/C9H10O2.Ag/c10-9(11)7-6-8-4-2-1-3-5-8;/h1-5H,6-7H2,(H,10,11);. The number of hydrogen-bond donors (Lipinski definition) is 1. The molecule has 2 nitrogen and oxygen atoms in total. The number of carboxylic acid groups (broad SMARTS) is 1. The summed E-state index contributed by atoms with van der Waals surface area (Å²) in [7, 11) is 0. The smallest absolute Gasteiger partial charge is 0.303 e. The van der Waals surface area contributed by atoms with Crippen LogP contribution >= 0.6 is 0 Å². The van der Waals surface area contributed by atoms with Crippen LogP contribution in [0.1, 0.15) is 12.0 Å². The van der Waals surface area contributed by atoms with Gasteiger partial charge in [-0.2, -0.15) is 0 Å². The van der Waals surface area contributed by atoms with Crippen molar-refractivity contribution in [1.82, 2.24) is 0 Å². The molecule has 0 atom stereocenters. The number of hydrogen-bond acceptors (Lipinski definition) is 1. The van der Waals surface area contributed by atoms with Gasteiger partial charge in [-0.1, -0.05) is 30.3 Å². The van der Waals surface area contributed by atoms with Gasteiger partial charge in [0.05, 0.1) is 0 Å². The molecular weight excluding hydrogens is 248 g/mol. The van der Waals surface area contributed by atoms with E-state index in [9.17, 15) is 4.79 Å². The molecule has 1 aromatic carbocycles. The second kappa shape index (κ2) is 6.00. The number of carbonyl (C=O) groups is 1. The van der Waals surface area contributed by atoms with Crippen LogP contribution in [0.5, 0.6) is 0 Å². The van der Waals surface area contributed by atoms with Crippen molar-refractivity contribution in [1.29, 1.82) is 0 Å². The third kappa shape index (κ3) is 4.34. The first kappa shape index (κ1) is 11.4. The first-order valence-corrected chi connectivity index (χ1v) is 3.55. The zero-order valence-corrected chi connectivity index (χ0v) is 7.94. The van der Waals surface area contributed by atoms with E-state index < -0.39 is 5.97 Å². The zero-order valence-electron chi connectivity index (χ0n) is 6.46. The molecule has 0 spiro atoms. The van der Waals surface area contributed by atoms with Gasteiger partial charge >= 0.3 is 5.97 Å². The molecule has 0 heterocycles. The second-order valence-electron chi connectivity index (χ2n) is 2.38. The number of benzene rings is 1. The van der Waals surface area contributed by atoms with Crippen molar-refractivity contribution < 1.29 is 32.3 Å². The van der Waals surface area contributed by atoms with E-state index in [-0.39, 0.29) is 28.8 Å². The van der Waals surface area contributed by atoms with Gasteiger partial charge in [-0.3, -0.25) is 4.79 Å². The van der Waals surface area contributed by atoms with Crippen molar-refractivity contribution in [3.8, 4) is 0 Å². The molecule has 0 saturated heterocycles. The van der Waals surface area contributed by atoms with E-state index in [1.165, 1.54) is 0 Å². The van der Waals surface area contributed by atoms with Crippen LogP contribution in [0.3, 0.4) is 0 Å². The Hall–Kier alpha value is -0.570. The second-order valence-corrected chi connectivity index (χ2v) is 2.38. The minimum atomic E-state index is -0.742.